The number of benzene rings is 1. The van der Waals surface area contributed by atoms with Gasteiger partial charge in [0.1, 0.15) is 5.75 Å². The molecule has 1 aromatic rings. The minimum Gasteiger partial charge on any atom is -0.481 e. The van der Waals surface area contributed by atoms with Crippen LogP contribution in [0.4, 0.5) is 0 Å². The van der Waals surface area contributed by atoms with Crippen LogP contribution in [-0.2, 0) is 4.79 Å². The third-order valence-corrected chi connectivity index (χ3v) is 4.30. The van der Waals surface area contributed by atoms with Crippen LogP contribution in [0.15, 0.2) is 24.3 Å². The lowest BCUT2D eigenvalue weighted by atomic mass is 10.00. The van der Waals surface area contributed by atoms with Crippen LogP contribution in [-0.4, -0.2) is 30.6 Å². The van der Waals surface area contributed by atoms with Crippen LogP contribution in [0.3, 0.4) is 0 Å². The predicted molar refractivity (Wildman–Crippen MR) is 96.5 cm³/mol. The van der Waals surface area contributed by atoms with Crippen LogP contribution >= 0.6 is 12.4 Å². The highest BCUT2D eigenvalue weighted by molar-refractivity contribution is 5.85. The molecule has 2 N–H and O–H groups in total. The van der Waals surface area contributed by atoms with Gasteiger partial charge in [0.25, 0.3) is 5.91 Å². The number of carbonyl (C=O) groups is 1. The Kier molecular flexibility index (Phi) is 7.86. The Morgan fingerprint density at radius 3 is 2.74 bits per heavy atom. The smallest absolute Gasteiger partial charge is 0.261 e. The summed E-state index contributed by atoms with van der Waals surface area (Å²) in [6.45, 7) is 9.24. The number of nitrogens with one attached hydrogen (secondary N) is 2. The van der Waals surface area contributed by atoms with E-state index in [1.54, 1.807) is 6.92 Å². The zero-order valence-electron chi connectivity index (χ0n) is 14.5. The SMILES string of the molecule is CC(Oc1cccc(C(C)C)c1)C(=O)NC1CCCNC1C.Cl. The van der Waals surface area contributed by atoms with Crippen LogP contribution in [0.5, 0.6) is 5.75 Å². The lowest BCUT2D eigenvalue weighted by molar-refractivity contribution is -0.128. The topological polar surface area (TPSA) is 50.4 Å². The summed E-state index contributed by atoms with van der Waals surface area (Å²) in [6, 6.07) is 8.48. The summed E-state index contributed by atoms with van der Waals surface area (Å²) >= 11 is 0. The molecule has 1 fully saturated rings. The van der Waals surface area contributed by atoms with Gasteiger partial charge in [-0.15, -0.1) is 12.4 Å². The fraction of sp³-hybridized carbons (Fsp3) is 0.611. The third-order valence-electron chi connectivity index (χ3n) is 4.30. The molecule has 1 saturated heterocycles. The molecule has 1 amide bonds. The number of carbonyl (C=O) groups excluding carboxylic acids is 1. The second-order valence-corrected chi connectivity index (χ2v) is 6.49. The normalized spacial score (nSPS) is 22.1. The van der Waals surface area contributed by atoms with Crippen LogP contribution in [0.25, 0.3) is 0 Å². The van der Waals surface area contributed by atoms with Gasteiger partial charge in [0.15, 0.2) is 6.10 Å². The quantitative estimate of drug-likeness (QED) is 0.865. The molecule has 130 valence electrons. The van der Waals surface area contributed by atoms with Crippen LogP contribution in [0.2, 0.25) is 0 Å². The Hall–Kier alpha value is -1.26. The van der Waals surface area contributed by atoms with Gasteiger partial charge in [0.2, 0.25) is 0 Å². The van der Waals surface area contributed by atoms with Gasteiger partial charge in [0, 0.05) is 12.1 Å². The second-order valence-electron chi connectivity index (χ2n) is 6.49. The van der Waals surface area contributed by atoms with E-state index in [9.17, 15) is 4.79 Å². The molecule has 1 aromatic carbocycles. The Labute approximate surface area is 145 Å². The Bertz CT molecular complexity index is 508. The Morgan fingerprint density at radius 1 is 1.35 bits per heavy atom. The first-order valence-electron chi connectivity index (χ1n) is 8.27. The third kappa shape index (κ3) is 5.70. The zero-order valence-corrected chi connectivity index (χ0v) is 15.3. The molecule has 0 aromatic heterocycles. The van der Waals surface area contributed by atoms with E-state index in [4.69, 9.17) is 4.74 Å². The maximum absolute atomic E-state index is 12.3. The maximum Gasteiger partial charge on any atom is 0.261 e. The van der Waals surface area contributed by atoms with Gasteiger partial charge in [-0.3, -0.25) is 4.79 Å². The number of rotatable bonds is 5. The molecule has 3 unspecified atom stereocenters. The molecular weight excluding hydrogens is 312 g/mol. The molecule has 23 heavy (non-hydrogen) atoms. The summed E-state index contributed by atoms with van der Waals surface area (Å²) in [7, 11) is 0. The van der Waals surface area contributed by atoms with Gasteiger partial charge in [-0.2, -0.15) is 0 Å². The zero-order chi connectivity index (χ0) is 16.1. The molecule has 0 aliphatic carbocycles. The van der Waals surface area contributed by atoms with Crippen molar-refractivity contribution in [3.8, 4) is 5.75 Å². The molecule has 0 saturated carbocycles. The molecule has 0 spiro atoms. The monoisotopic (exact) mass is 340 g/mol. The molecule has 4 nitrogen and oxygen atoms in total. The standard InChI is InChI=1S/C18H28N2O2.ClH/c1-12(2)15-7-5-8-16(11-15)22-14(4)18(21)20-17-9-6-10-19-13(17)3;/h5,7-8,11-14,17,19H,6,9-10H2,1-4H3,(H,20,21);1H. The number of hydrogen-bond donors (Lipinski definition) is 2. The van der Waals surface area contributed by atoms with Gasteiger partial charge in [-0.25, -0.2) is 0 Å². The van der Waals surface area contributed by atoms with E-state index >= 15 is 0 Å². The Balaban J connectivity index is 0.00000264. The molecule has 0 bridgehead atoms. The van der Waals surface area contributed by atoms with E-state index in [0.29, 0.717) is 12.0 Å². The molecule has 2 rings (SSSR count). The van der Waals surface area contributed by atoms with Crippen LogP contribution in [0.1, 0.15) is 52.0 Å². The average Bonchev–Trinajstić information content (AvgIpc) is 2.49. The summed E-state index contributed by atoms with van der Waals surface area (Å²) in [5, 5.41) is 6.49. The first-order valence-corrected chi connectivity index (χ1v) is 8.27. The van der Waals surface area contributed by atoms with E-state index < -0.39 is 6.10 Å². The van der Waals surface area contributed by atoms with Crippen molar-refractivity contribution >= 4 is 18.3 Å². The van der Waals surface area contributed by atoms with Crippen molar-refractivity contribution in [1.29, 1.82) is 0 Å². The fourth-order valence-electron chi connectivity index (χ4n) is 2.75. The van der Waals surface area contributed by atoms with Gasteiger partial charge in [-0.1, -0.05) is 26.0 Å². The van der Waals surface area contributed by atoms with E-state index in [1.165, 1.54) is 5.56 Å². The highest BCUT2D eigenvalue weighted by Crippen LogP contribution is 2.21. The summed E-state index contributed by atoms with van der Waals surface area (Å²) in [4.78, 5) is 12.3. The fourth-order valence-corrected chi connectivity index (χ4v) is 2.75. The van der Waals surface area contributed by atoms with Crippen molar-refractivity contribution in [2.75, 3.05) is 6.54 Å². The molecular formula is C18H29ClN2O2. The van der Waals surface area contributed by atoms with Crippen molar-refractivity contribution in [2.24, 2.45) is 0 Å². The van der Waals surface area contributed by atoms with E-state index in [0.717, 1.165) is 25.1 Å². The summed E-state index contributed by atoms with van der Waals surface area (Å²) in [5.41, 5.74) is 1.22. The van der Waals surface area contributed by atoms with Crippen molar-refractivity contribution < 1.29 is 9.53 Å². The highest BCUT2D eigenvalue weighted by atomic mass is 35.5. The molecule has 1 heterocycles. The first kappa shape index (κ1) is 19.8. The van der Waals surface area contributed by atoms with E-state index in [2.05, 4.69) is 37.5 Å². The van der Waals surface area contributed by atoms with Crippen molar-refractivity contribution in [3.05, 3.63) is 29.8 Å². The highest BCUT2D eigenvalue weighted by Gasteiger charge is 2.25. The van der Waals surface area contributed by atoms with E-state index in [1.807, 2.05) is 18.2 Å². The Morgan fingerprint density at radius 2 is 2.09 bits per heavy atom. The molecule has 1 aliphatic heterocycles. The maximum atomic E-state index is 12.3. The largest absolute Gasteiger partial charge is 0.481 e. The van der Waals surface area contributed by atoms with Gasteiger partial charge < -0.3 is 15.4 Å². The lowest BCUT2D eigenvalue weighted by Gasteiger charge is -2.31. The number of ether oxygens (including phenoxy) is 1. The van der Waals surface area contributed by atoms with Crippen LogP contribution in [0, 0.1) is 0 Å². The lowest BCUT2D eigenvalue weighted by Crippen LogP contribution is -2.54. The molecule has 1 aliphatic rings. The number of halogens is 1. The predicted octanol–water partition coefficient (Wildman–Crippen LogP) is 3.26. The van der Waals surface area contributed by atoms with Crippen LogP contribution < -0.4 is 15.4 Å². The van der Waals surface area contributed by atoms with Gasteiger partial charge in [-0.05, 0) is 56.8 Å². The second kappa shape index (κ2) is 9.14. The number of hydrogen-bond acceptors (Lipinski definition) is 3. The van der Waals surface area contributed by atoms with Gasteiger partial charge >= 0.3 is 0 Å². The van der Waals surface area contributed by atoms with Crippen molar-refractivity contribution in [1.82, 2.24) is 10.6 Å². The first-order chi connectivity index (χ1) is 10.5. The summed E-state index contributed by atoms with van der Waals surface area (Å²) in [6.07, 6.45) is 1.63. The van der Waals surface area contributed by atoms with Crippen molar-refractivity contribution in [3.63, 3.8) is 0 Å². The van der Waals surface area contributed by atoms with Crippen molar-refractivity contribution in [2.45, 2.75) is 64.6 Å². The summed E-state index contributed by atoms with van der Waals surface area (Å²) in [5.74, 6) is 1.15. The minimum atomic E-state index is -0.489. The molecule has 3 atom stereocenters. The minimum absolute atomic E-state index is 0. The van der Waals surface area contributed by atoms with Gasteiger partial charge in [0.05, 0.1) is 0 Å². The van der Waals surface area contributed by atoms with E-state index in [-0.39, 0.29) is 24.4 Å². The number of amides is 1. The average molecular weight is 341 g/mol. The summed E-state index contributed by atoms with van der Waals surface area (Å²) < 4.78 is 5.81. The molecule has 5 heteroatoms. The number of piperidine rings is 1. The molecule has 0 radical (unpaired) electrons.